The van der Waals surface area contributed by atoms with Crippen LogP contribution in [-0.4, -0.2) is 35.3 Å². The molecule has 0 saturated heterocycles. The van der Waals surface area contributed by atoms with Crippen LogP contribution in [0.15, 0.2) is 103 Å². The third-order valence-electron chi connectivity index (χ3n) is 7.67. The molecule has 1 heterocycles. The highest BCUT2D eigenvalue weighted by molar-refractivity contribution is 5.68. The SMILES string of the molecule is CCCCn1c(-c2ccccc2)nc(-c2ccccc2)c1CN(Cc1ccc(OC(F)F)cc1)Cc1ccc(OC)c(OC)c1. The average Bonchev–Trinajstić information content (AvgIpc) is 3.42. The zero-order valence-electron chi connectivity index (χ0n) is 26.0. The summed E-state index contributed by atoms with van der Waals surface area (Å²) in [6, 6.07) is 33.4. The topological polar surface area (TPSA) is 48.8 Å². The monoisotopic (exact) mass is 611 g/mol. The van der Waals surface area contributed by atoms with Gasteiger partial charge >= 0.3 is 6.61 Å². The first-order valence-electron chi connectivity index (χ1n) is 15.2. The highest BCUT2D eigenvalue weighted by Gasteiger charge is 2.22. The van der Waals surface area contributed by atoms with Crippen molar-refractivity contribution in [2.75, 3.05) is 14.2 Å². The number of imidazole rings is 1. The predicted molar refractivity (Wildman–Crippen MR) is 174 cm³/mol. The Bertz CT molecular complexity index is 1640. The fourth-order valence-electron chi connectivity index (χ4n) is 5.49. The van der Waals surface area contributed by atoms with Crippen molar-refractivity contribution in [1.82, 2.24) is 14.5 Å². The van der Waals surface area contributed by atoms with Crippen molar-refractivity contribution in [3.05, 3.63) is 120 Å². The molecule has 5 aromatic rings. The van der Waals surface area contributed by atoms with Crippen LogP contribution in [-0.2, 0) is 26.2 Å². The van der Waals surface area contributed by atoms with Gasteiger partial charge in [0, 0.05) is 37.3 Å². The second-order valence-corrected chi connectivity index (χ2v) is 10.8. The zero-order chi connectivity index (χ0) is 31.6. The molecule has 0 spiro atoms. The van der Waals surface area contributed by atoms with E-state index in [9.17, 15) is 8.78 Å². The van der Waals surface area contributed by atoms with E-state index in [1.807, 2.05) is 66.7 Å². The van der Waals surface area contributed by atoms with Crippen LogP contribution in [0, 0.1) is 0 Å². The Morgan fingerprint density at radius 3 is 1.98 bits per heavy atom. The lowest BCUT2D eigenvalue weighted by atomic mass is 10.1. The smallest absolute Gasteiger partial charge is 0.387 e. The molecule has 0 atom stereocenters. The van der Waals surface area contributed by atoms with E-state index in [4.69, 9.17) is 14.5 Å². The first-order valence-corrected chi connectivity index (χ1v) is 15.2. The van der Waals surface area contributed by atoms with Crippen LogP contribution in [0.1, 0.15) is 36.6 Å². The molecule has 0 bridgehead atoms. The van der Waals surface area contributed by atoms with Gasteiger partial charge in [-0.05, 0) is 41.8 Å². The number of ether oxygens (including phenoxy) is 3. The van der Waals surface area contributed by atoms with Crippen LogP contribution < -0.4 is 14.2 Å². The van der Waals surface area contributed by atoms with E-state index in [0.29, 0.717) is 31.1 Å². The number of nitrogens with zero attached hydrogens (tertiary/aromatic N) is 3. The molecule has 8 heteroatoms. The van der Waals surface area contributed by atoms with Crippen molar-refractivity contribution in [2.45, 2.75) is 52.6 Å². The lowest BCUT2D eigenvalue weighted by Crippen LogP contribution is -2.24. The summed E-state index contributed by atoms with van der Waals surface area (Å²) >= 11 is 0. The molecule has 0 aliphatic carbocycles. The van der Waals surface area contributed by atoms with Gasteiger partial charge in [0.15, 0.2) is 11.5 Å². The Morgan fingerprint density at radius 1 is 0.733 bits per heavy atom. The minimum Gasteiger partial charge on any atom is -0.493 e. The van der Waals surface area contributed by atoms with Gasteiger partial charge in [-0.2, -0.15) is 8.78 Å². The quantitative estimate of drug-likeness (QED) is 0.118. The molecule has 234 valence electrons. The van der Waals surface area contributed by atoms with Gasteiger partial charge in [0.05, 0.1) is 25.6 Å². The van der Waals surface area contributed by atoms with Crippen molar-refractivity contribution < 1.29 is 23.0 Å². The van der Waals surface area contributed by atoms with Gasteiger partial charge in [-0.15, -0.1) is 0 Å². The van der Waals surface area contributed by atoms with Gasteiger partial charge in [-0.1, -0.05) is 92.2 Å². The number of rotatable bonds is 15. The minimum atomic E-state index is -2.86. The van der Waals surface area contributed by atoms with Crippen LogP contribution in [0.4, 0.5) is 8.78 Å². The number of alkyl halides is 2. The first kappa shape index (κ1) is 31.7. The summed E-state index contributed by atoms with van der Waals surface area (Å²) in [7, 11) is 3.25. The molecule has 0 aliphatic rings. The summed E-state index contributed by atoms with van der Waals surface area (Å²) in [4.78, 5) is 7.61. The lowest BCUT2D eigenvalue weighted by molar-refractivity contribution is -0.0498. The highest BCUT2D eigenvalue weighted by atomic mass is 19.3. The number of unbranched alkanes of at least 4 members (excludes halogenated alkanes) is 1. The molecule has 4 aromatic carbocycles. The molecule has 1 aromatic heterocycles. The number of aromatic nitrogens is 2. The predicted octanol–water partition coefficient (Wildman–Crippen LogP) is 8.84. The zero-order valence-corrected chi connectivity index (χ0v) is 26.0. The van der Waals surface area contributed by atoms with Crippen LogP contribution in [0.3, 0.4) is 0 Å². The van der Waals surface area contributed by atoms with E-state index in [0.717, 1.165) is 58.9 Å². The van der Waals surface area contributed by atoms with Crippen LogP contribution >= 0.6 is 0 Å². The summed E-state index contributed by atoms with van der Waals surface area (Å²) in [5.74, 6) is 2.40. The van der Waals surface area contributed by atoms with Gasteiger partial charge in [0.25, 0.3) is 0 Å². The van der Waals surface area contributed by atoms with Crippen LogP contribution in [0.25, 0.3) is 22.6 Å². The van der Waals surface area contributed by atoms with Crippen molar-refractivity contribution >= 4 is 0 Å². The standard InChI is InChI=1S/C37H39F2N3O3/c1-4-5-22-42-32(35(29-12-8-6-9-13-29)40-36(42)30-14-10-7-11-15-30)26-41(24-27-16-19-31(20-17-27)45-37(38)39)25-28-18-21-33(43-2)34(23-28)44-3/h6-21,23,37H,4-5,22,24-26H2,1-3H3. The number of methoxy groups -OCH3 is 2. The second-order valence-electron chi connectivity index (χ2n) is 10.8. The molecule has 5 rings (SSSR count). The largest absolute Gasteiger partial charge is 0.493 e. The fourth-order valence-corrected chi connectivity index (χ4v) is 5.49. The fraction of sp³-hybridized carbons (Fsp3) is 0.270. The van der Waals surface area contributed by atoms with Gasteiger partial charge < -0.3 is 18.8 Å². The Labute approximate surface area is 263 Å². The van der Waals surface area contributed by atoms with Gasteiger partial charge in [-0.25, -0.2) is 4.98 Å². The molecule has 0 saturated carbocycles. The van der Waals surface area contributed by atoms with Gasteiger partial charge in [0.2, 0.25) is 0 Å². The lowest BCUT2D eigenvalue weighted by Gasteiger charge is -2.25. The van der Waals surface area contributed by atoms with E-state index in [2.05, 4.69) is 45.4 Å². The highest BCUT2D eigenvalue weighted by Crippen LogP contribution is 2.33. The summed E-state index contributed by atoms with van der Waals surface area (Å²) < 4.78 is 43.6. The third-order valence-corrected chi connectivity index (χ3v) is 7.67. The minimum absolute atomic E-state index is 0.136. The summed E-state index contributed by atoms with van der Waals surface area (Å²) in [5, 5.41) is 0. The molecular weight excluding hydrogens is 572 g/mol. The number of benzene rings is 4. The normalized spacial score (nSPS) is 11.3. The van der Waals surface area contributed by atoms with Crippen molar-refractivity contribution in [2.24, 2.45) is 0 Å². The van der Waals surface area contributed by atoms with E-state index < -0.39 is 6.61 Å². The van der Waals surface area contributed by atoms with Crippen molar-refractivity contribution in [3.8, 4) is 39.9 Å². The summed E-state index contributed by atoms with van der Waals surface area (Å²) in [5.41, 5.74) is 6.21. The number of halogens is 2. The number of hydrogen-bond acceptors (Lipinski definition) is 5. The van der Waals surface area contributed by atoms with E-state index in [1.54, 1.807) is 26.4 Å². The maximum absolute atomic E-state index is 12.8. The number of hydrogen-bond donors (Lipinski definition) is 0. The van der Waals surface area contributed by atoms with Crippen LogP contribution in [0.5, 0.6) is 17.2 Å². The average molecular weight is 612 g/mol. The molecule has 6 nitrogen and oxygen atoms in total. The van der Waals surface area contributed by atoms with E-state index in [-0.39, 0.29) is 5.75 Å². The molecular formula is C37H39F2N3O3. The molecule has 0 N–H and O–H groups in total. The van der Waals surface area contributed by atoms with Crippen molar-refractivity contribution in [3.63, 3.8) is 0 Å². The van der Waals surface area contributed by atoms with Gasteiger partial charge in [-0.3, -0.25) is 4.90 Å². The molecule has 0 radical (unpaired) electrons. The Kier molecular flexibility index (Phi) is 10.8. The Balaban J connectivity index is 1.59. The Hall–Kier alpha value is -4.69. The van der Waals surface area contributed by atoms with E-state index in [1.165, 1.54) is 0 Å². The van der Waals surface area contributed by atoms with Gasteiger partial charge in [0.1, 0.15) is 11.6 Å². The molecule has 0 aliphatic heterocycles. The molecule has 0 unspecified atom stereocenters. The molecule has 45 heavy (non-hydrogen) atoms. The third kappa shape index (κ3) is 8.08. The second kappa shape index (κ2) is 15.3. The summed E-state index contributed by atoms with van der Waals surface area (Å²) in [6.07, 6.45) is 2.06. The molecule has 0 amide bonds. The van der Waals surface area contributed by atoms with Crippen molar-refractivity contribution in [1.29, 1.82) is 0 Å². The molecule has 0 fully saturated rings. The van der Waals surface area contributed by atoms with E-state index >= 15 is 0 Å². The Morgan fingerprint density at radius 2 is 1.36 bits per heavy atom. The first-order chi connectivity index (χ1) is 22.0. The maximum Gasteiger partial charge on any atom is 0.387 e. The maximum atomic E-state index is 12.8. The summed E-state index contributed by atoms with van der Waals surface area (Å²) in [6.45, 7) is 1.93. The van der Waals surface area contributed by atoms with Crippen LogP contribution in [0.2, 0.25) is 0 Å².